The summed E-state index contributed by atoms with van der Waals surface area (Å²) in [5, 5.41) is 6.27. The number of amides is 1. The maximum absolute atomic E-state index is 13.2. The molecular weight excluding hydrogens is 340 g/mol. The fraction of sp³-hybridized carbons (Fsp3) is 0.364. The molecule has 1 aromatic carbocycles. The average molecular weight is 365 g/mol. The van der Waals surface area contributed by atoms with Crippen molar-refractivity contribution in [1.29, 1.82) is 0 Å². The number of carbonyl (C=O) groups excluding carboxylic acids is 1. The van der Waals surface area contributed by atoms with E-state index >= 15 is 0 Å². The van der Waals surface area contributed by atoms with Crippen molar-refractivity contribution < 1.29 is 4.79 Å². The largest absolute Gasteiger partial charge is 0.349 e. The van der Waals surface area contributed by atoms with E-state index in [-0.39, 0.29) is 11.9 Å². The second kappa shape index (κ2) is 7.20. The third-order valence-electron chi connectivity index (χ3n) is 5.76. The highest BCUT2D eigenvalue weighted by Crippen LogP contribution is 2.31. The van der Waals surface area contributed by atoms with Crippen LogP contribution in [0.15, 0.2) is 47.8 Å². The molecule has 2 heterocycles. The van der Waals surface area contributed by atoms with E-state index in [0.29, 0.717) is 11.8 Å². The Labute approximate surface area is 158 Å². The highest BCUT2D eigenvalue weighted by molar-refractivity contribution is 7.13. The number of rotatable bonds is 3. The van der Waals surface area contributed by atoms with Gasteiger partial charge < -0.3 is 5.32 Å². The van der Waals surface area contributed by atoms with Gasteiger partial charge >= 0.3 is 0 Å². The molecule has 1 saturated carbocycles. The lowest BCUT2D eigenvalue weighted by molar-refractivity contribution is 0.0892. The zero-order valence-corrected chi connectivity index (χ0v) is 16.1. The van der Waals surface area contributed by atoms with Crippen molar-refractivity contribution in [3.63, 3.8) is 0 Å². The van der Waals surface area contributed by atoms with Gasteiger partial charge in [-0.25, -0.2) is 4.98 Å². The second-order valence-electron chi connectivity index (χ2n) is 7.40. The predicted octanol–water partition coefficient (Wildman–Crippen LogP) is 5.52. The molecular formula is C22H24N2OS. The lowest BCUT2D eigenvalue weighted by Gasteiger charge is -2.34. The van der Waals surface area contributed by atoms with Gasteiger partial charge in [0.15, 0.2) is 0 Å². The van der Waals surface area contributed by atoms with Crippen molar-refractivity contribution in [1.82, 2.24) is 10.3 Å². The van der Waals surface area contributed by atoms with Crippen molar-refractivity contribution >= 4 is 28.1 Å². The summed E-state index contributed by atoms with van der Waals surface area (Å²) in [6.07, 6.45) is 3.51. The van der Waals surface area contributed by atoms with Crippen molar-refractivity contribution in [3.05, 3.63) is 53.4 Å². The van der Waals surface area contributed by atoms with Gasteiger partial charge in [-0.1, -0.05) is 51.0 Å². The normalized spacial score (nSPS) is 23.1. The summed E-state index contributed by atoms with van der Waals surface area (Å²) in [4.78, 5) is 19.0. The molecule has 0 saturated heterocycles. The van der Waals surface area contributed by atoms with Gasteiger partial charge in [-0.2, -0.15) is 0 Å². The van der Waals surface area contributed by atoms with Crippen molar-refractivity contribution in [2.75, 3.05) is 0 Å². The van der Waals surface area contributed by atoms with E-state index in [9.17, 15) is 4.79 Å². The van der Waals surface area contributed by atoms with Crippen LogP contribution >= 0.6 is 11.3 Å². The molecule has 1 amide bonds. The number of thiophene rings is 1. The predicted molar refractivity (Wildman–Crippen MR) is 108 cm³/mol. The van der Waals surface area contributed by atoms with Gasteiger partial charge in [0.1, 0.15) is 0 Å². The lowest BCUT2D eigenvalue weighted by atomic mass is 9.78. The van der Waals surface area contributed by atoms with Gasteiger partial charge in [0.25, 0.3) is 5.91 Å². The summed E-state index contributed by atoms with van der Waals surface area (Å²) < 4.78 is 0. The number of hydrogen-bond acceptors (Lipinski definition) is 3. The molecule has 2 aromatic heterocycles. The summed E-state index contributed by atoms with van der Waals surface area (Å²) in [7, 11) is 0. The number of benzene rings is 1. The van der Waals surface area contributed by atoms with E-state index in [1.54, 1.807) is 11.3 Å². The third kappa shape index (κ3) is 3.26. The molecule has 1 aliphatic rings. The smallest absolute Gasteiger partial charge is 0.252 e. The first kappa shape index (κ1) is 17.2. The van der Waals surface area contributed by atoms with Crippen LogP contribution in [0.25, 0.3) is 21.5 Å². The molecule has 3 aromatic rings. The van der Waals surface area contributed by atoms with Gasteiger partial charge in [-0.15, -0.1) is 11.3 Å². The fourth-order valence-corrected chi connectivity index (χ4v) is 4.63. The molecule has 4 rings (SSSR count). The molecule has 3 atom stereocenters. The number of fused-ring (bicyclic) bond motifs is 1. The molecule has 4 heteroatoms. The van der Waals surface area contributed by atoms with Crippen LogP contribution in [0.4, 0.5) is 0 Å². The van der Waals surface area contributed by atoms with Crippen LogP contribution in [0.5, 0.6) is 0 Å². The first-order chi connectivity index (χ1) is 12.6. The van der Waals surface area contributed by atoms with Crippen LogP contribution in [0, 0.1) is 11.8 Å². The Morgan fingerprint density at radius 1 is 1.15 bits per heavy atom. The molecule has 0 aliphatic heterocycles. The molecule has 0 bridgehead atoms. The molecule has 0 unspecified atom stereocenters. The standard InChI is InChI=1S/C22H24N2OS/c1-14-7-5-10-18(15(14)2)24-22(25)17-13-20(21-11-6-12-26-21)23-19-9-4-3-8-16(17)19/h3-4,6,8-9,11-15,18H,5,7,10H2,1-2H3,(H,24,25)/t14-,15+,18-/m1/s1. The van der Waals surface area contributed by atoms with E-state index < -0.39 is 0 Å². The first-order valence-corrected chi connectivity index (χ1v) is 10.3. The van der Waals surface area contributed by atoms with Gasteiger partial charge in [-0.3, -0.25) is 4.79 Å². The molecule has 3 nitrogen and oxygen atoms in total. The Bertz CT molecular complexity index is 919. The second-order valence-corrected chi connectivity index (χ2v) is 8.34. The number of nitrogens with zero attached hydrogens (tertiary/aromatic N) is 1. The van der Waals surface area contributed by atoms with Gasteiger partial charge in [-0.05, 0) is 41.8 Å². The highest BCUT2D eigenvalue weighted by atomic mass is 32.1. The maximum atomic E-state index is 13.2. The zero-order chi connectivity index (χ0) is 18.1. The highest BCUT2D eigenvalue weighted by Gasteiger charge is 2.29. The van der Waals surface area contributed by atoms with Crippen LogP contribution in [-0.4, -0.2) is 16.9 Å². The summed E-state index contributed by atoms with van der Waals surface area (Å²) in [5.41, 5.74) is 2.46. The van der Waals surface area contributed by atoms with Crippen LogP contribution < -0.4 is 5.32 Å². The minimum atomic E-state index is 0.0207. The third-order valence-corrected chi connectivity index (χ3v) is 6.65. The molecule has 0 radical (unpaired) electrons. The van der Waals surface area contributed by atoms with E-state index in [2.05, 4.69) is 19.2 Å². The van der Waals surface area contributed by atoms with Gasteiger partial charge in [0, 0.05) is 11.4 Å². The summed E-state index contributed by atoms with van der Waals surface area (Å²) in [6, 6.07) is 14.2. The Balaban J connectivity index is 1.71. The van der Waals surface area contributed by atoms with Crippen LogP contribution in [-0.2, 0) is 0 Å². The summed E-state index contributed by atoms with van der Waals surface area (Å²) in [6.45, 7) is 4.55. The number of pyridine rings is 1. The topological polar surface area (TPSA) is 42.0 Å². The quantitative estimate of drug-likeness (QED) is 0.665. The zero-order valence-electron chi connectivity index (χ0n) is 15.2. The molecule has 0 spiro atoms. The van der Waals surface area contributed by atoms with Gasteiger partial charge in [0.2, 0.25) is 0 Å². The van der Waals surface area contributed by atoms with Crippen LogP contribution in [0.1, 0.15) is 43.5 Å². The molecule has 1 fully saturated rings. The van der Waals surface area contributed by atoms with Crippen LogP contribution in [0.2, 0.25) is 0 Å². The number of nitrogens with one attached hydrogen (secondary N) is 1. The first-order valence-electron chi connectivity index (χ1n) is 9.38. The lowest BCUT2D eigenvalue weighted by Crippen LogP contribution is -2.43. The average Bonchev–Trinajstić information content (AvgIpc) is 3.19. The molecule has 134 valence electrons. The van der Waals surface area contributed by atoms with Crippen molar-refractivity contribution in [2.24, 2.45) is 11.8 Å². The Morgan fingerprint density at radius 2 is 2.00 bits per heavy atom. The van der Waals surface area contributed by atoms with Gasteiger partial charge in [0.05, 0.1) is 21.7 Å². The number of para-hydroxylation sites is 1. The molecule has 1 N–H and O–H groups in total. The van der Waals surface area contributed by atoms with E-state index in [4.69, 9.17) is 4.98 Å². The summed E-state index contributed by atoms with van der Waals surface area (Å²) in [5.74, 6) is 1.19. The monoisotopic (exact) mass is 364 g/mol. The Hall–Kier alpha value is -2.20. The molecule has 1 aliphatic carbocycles. The summed E-state index contributed by atoms with van der Waals surface area (Å²) >= 11 is 1.65. The van der Waals surface area contributed by atoms with E-state index in [1.807, 2.05) is 47.8 Å². The van der Waals surface area contributed by atoms with E-state index in [0.717, 1.165) is 33.5 Å². The van der Waals surface area contributed by atoms with E-state index in [1.165, 1.54) is 12.8 Å². The number of hydrogen-bond donors (Lipinski definition) is 1. The number of carbonyl (C=O) groups is 1. The van der Waals surface area contributed by atoms with Crippen molar-refractivity contribution in [2.45, 2.75) is 39.2 Å². The van der Waals surface area contributed by atoms with Crippen molar-refractivity contribution in [3.8, 4) is 10.6 Å². The number of aromatic nitrogens is 1. The van der Waals surface area contributed by atoms with Crippen LogP contribution in [0.3, 0.4) is 0 Å². The maximum Gasteiger partial charge on any atom is 0.252 e. The fourth-order valence-electron chi connectivity index (χ4n) is 3.95. The minimum Gasteiger partial charge on any atom is -0.349 e. The molecule has 26 heavy (non-hydrogen) atoms. The minimum absolute atomic E-state index is 0.0207. The Kier molecular flexibility index (Phi) is 4.77. The Morgan fingerprint density at radius 3 is 2.81 bits per heavy atom. The SMILES string of the molecule is C[C@H]1[C@H](C)CCC[C@H]1NC(=O)c1cc(-c2cccs2)nc2ccccc12.